The Balaban J connectivity index is 0.000000183. The molecule has 2 heterocycles. The molecular weight excluding hydrogens is 912 g/mol. The third-order valence-corrected chi connectivity index (χ3v) is 11.4. The summed E-state index contributed by atoms with van der Waals surface area (Å²) in [6.45, 7) is 21.5. The number of aryl methyl sites for hydroxylation is 7. The fraction of sp³-hybridized carbons (Fsp3) is 0.161. The number of carbonyl (C=O) groups excluding carboxylic acids is 1. The van der Waals surface area contributed by atoms with E-state index >= 15 is 0 Å². The molecule has 72 heavy (non-hydrogen) atoms. The Bertz CT molecular complexity index is 2970. The molecule has 2 N–H and O–H groups in total. The smallest absolute Gasteiger partial charge is 0.457 e. The molecule has 8 aromatic carbocycles. The first-order chi connectivity index (χ1) is 34.6. The van der Waals surface area contributed by atoms with Crippen LogP contribution in [0.2, 0.25) is 0 Å². The van der Waals surface area contributed by atoms with Crippen molar-refractivity contribution < 1.29 is 29.1 Å². The lowest BCUT2D eigenvalue weighted by Crippen LogP contribution is -2.29. The van der Waals surface area contributed by atoms with E-state index in [1.54, 1.807) is 0 Å². The van der Waals surface area contributed by atoms with Crippen molar-refractivity contribution in [2.75, 3.05) is 25.8 Å². The summed E-state index contributed by atoms with van der Waals surface area (Å²) in [4.78, 5) is 16.9. The Morgan fingerprint density at radius 2 is 1.14 bits per heavy atom. The van der Waals surface area contributed by atoms with E-state index in [0.717, 1.165) is 28.6 Å². The van der Waals surface area contributed by atoms with Crippen LogP contribution in [0.15, 0.2) is 200 Å². The number of ether oxygens (including phenoxy) is 3. The van der Waals surface area contributed by atoms with Gasteiger partial charge in [0.05, 0.1) is 6.57 Å². The van der Waals surface area contributed by atoms with Gasteiger partial charge in [0, 0.05) is 34.9 Å². The van der Waals surface area contributed by atoms with E-state index in [2.05, 4.69) is 130 Å². The fourth-order valence-corrected chi connectivity index (χ4v) is 7.24. The maximum absolute atomic E-state index is 10.2. The molecule has 1 aliphatic rings. The summed E-state index contributed by atoms with van der Waals surface area (Å²) in [5.74, 6) is 3.51. The Morgan fingerprint density at radius 1 is 0.583 bits per heavy atom. The van der Waals surface area contributed by atoms with E-state index in [1.165, 1.54) is 72.7 Å². The average Bonchev–Trinajstić information content (AvgIpc) is 4.03. The van der Waals surface area contributed by atoms with Crippen LogP contribution in [0.3, 0.4) is 0 Å². The molecule has 0 unspecified atom stereocenters. The van der Waals surface area contributed by atoms with Crippen LogP contribution in [0.5, 0.6) is 23.0 Å². The summed E-state index contributed by atoms with van der Waals surface area (Å²) in [7, 11) is 2.64. The molecule has 10 heteroatoms. The minimum absolute atomic E-state index is 0.360. The van der Waals surface area contributed by atoms with Gasteiger partial charge < -0.3 is 29.2 Å². The normalized spacial score (nSPS) is 10.1. The molecule has 1 aliphatic heterocycles. The van der Waals surface area contributed by atoms with Crippen LogP contribution in [0.4, 0.5) is 11.4 Å². The number of para-hydroxylation sites is 2. The largest absolute Gasteiger partial charge is 0.488 e. The van der Waals surface area contributed by atoms with Crippen molar-refractivity contribution in [3.8, 4) is 23.0 Å². The van der Waals surface area contributed by atoms with E-state index < -0.39 is 7.12 Å². The molecule has 0 atom stereocenters. The highest BCUT2D eigenvalue weighted by Gasteiger charge is 2.11. The van der Waals surface area contributed by atoms with Crippen LogP contribution < -0.4 is 24.6 Å². The van der Waals surface area contributed by atoms with Crippen molar-refractivity contribution in [2.24, 2.45) is 0 Å². The average molecular weight is 977 g/mol. The Kier molecular flexibility index (Phi) is 24.1. The number of thiophene rings is 1. The van der Waals surface area contributed by atoms with Gasteiger partial charge in [0.25, 0.3) is 0 Å². The van der Waals surface area contributed by atoms with Crippen LogP contribution >= 0.6 is 11.3 Å². The molecule has 0 amide bonds. The van der Waals surface area contributed by atoms with Crippen molar-refractivity contribution in [3.05, 3.63) is 255 Å². The predicted octanol–water partition coefficient (Wildman–Crippen LogP) is 14.8. The Labute approximate surface area is 431 Å². The number of anilines is 1. The first-order valence-corrected chi connectivity index (χ1v) is 24.2. The summed E-state index contributed by atoms with van der Waals surface area (Å²) in [5.41, 5.74) is 10.4. The van der Waals surface area contributed by atoms with Crippen molar-refractivity contribution >= 4 is 51.7 Å². The van der Waals surface area contributed by atoms with Gasteiger partial charge in [-0.05, 0) is 131 Å². The maximum atomic E-state index is 10.2. The van der Waals surface area contributed by atoms with E-state index in [-0.39, 0.29) is 0 Å². The highest BCUT2D eigenvalue weighted by atomic mass is 32.1. The van der Waals surface area contributed by atoms with Gasteiger partial charge in [-0.3, -0.25) is 4.79 Å². The second-order valence-electron chi connectivity index (χ2n) is 16.9. The summed E-state index contributed by atoms with van der Waals surface area (Å²) in [6, 6.07) is 64.9. The third kappa shape index (κ3) is 21.0. The lowest BCUT2D eigenvalue weighted by molar-refractivity contribution is 0.112. The van der Waals surface area contributed by atoms with E-state index in [4.69, 9.17) is 30.8 Å². The molecule has 368 valence electrons. The van der Waals surface area contributed by atoms with Gasteiger partial charge in [0.1, 0.15) is 17.8 Å². The maximum Gasteiger partial charge on any atom is 0.488 e. The standard InChI is InChI=1S/C13H12O.C9H13N.C9H8S.C8H7N.C8H8O2.C8H10.C7H7BO3/c1-11-7-5-6-10-13(11)14-12-8-3-2-4-9-12;1-8-5-4-6-9(7-8)10(2)3;1-7-6-8-4-2-3-5-9(8)10-7;1-7-3-5-8(9-2)6-4-7;1-6-2-3-7-8(4-6)10-5-9-7;1-7-3-5-8(2)6-4-7;9-5-6-1-3-7(4-2-6)8(10)11/h2-10H,1H3;4-7H,1-3H3;2-6H,1H3;3-6H,1H3;2-4H,5H2,1H3;3-6H,1-2H3;1-5,10-11H. The van der Waals surface area contributed by atoms with Crippen LogP contribution in [-0.2, 0) is 0 Å². The number of hydrogen-bond acceptors (Lipinski definition) is 8. The first-order valence-electron chi connectivity index (χ1n) is 23.4. The van der Waals surface area contributed by atoms with Gasteiger partial charge in [0.2, 0.25) is 6.79 Å². The molecule has 8 nitrogen and oxygen atoms in total. The third-order valence-electron chi connectivity index (χ3n) is 10.4. The summed E-state index contributed by atoms with van der Waals surface area (Å²) >= 11 is 1.85. The zero-order valence-electron chi connectivity index (χ0n) is 42.7. The molecule has 0 spiro atoms. The molecule has 0 radical (unpaired) electrons. The second-order valence-corrected chi connectivity index (χ2v) is 18.2. The molecule has 0 fully saturated rings. The Morgan fingerprint density at radius 3 is 1.69 bits per heavy atom. The lowest BCUT2D eigenvalue weighted by atomic mass is 9.80. The lowest BCUT2D eigenvalue weighted by Gasteiger charge is -2.11. The first kappa shape index (κ1) is 56.7. The number of hydrogen-bond donors (Lipinski definition) is 2. The highest BCUT2D eigenvalue weighted by Crippen LogP contribution is 2.32. The minimum Gasteiger partial charge on any atom is -0.457 e. The molecule has 10 rings (SSSR count). The quantitative estimate of drug-likeness (QED) is 0.101. The molecule has 9 aromatic rings. The molecule has 0 aliphatic carbocycles. The van der Waals surface area contributed by atoms with Crippen molar-refractivity contribution in [1.29, 1.82) is 0 Å². The molecule has 0 saturated carbocycles. The van der Waals surface area contributed by atoms with Gasteiger partial charge in [-0.15, -0.1) is 11.3 Å². The van der Waals surface area contributed by atoms with Crippen molar-refractivity contribution in [3.63, 3.8) is 0 Å². The summed E-state index contributed by atoms with van der Waals surface area (Å²) in [5, 5.41) is 18.7. The zero-order valence-corrected chi connectivity index (χ0v) is 43.6. The van der Waals surface area contributed by atoms with Gasteiger partial charge >= 0.3 is 7.12 Å². The number of carbonyl (C=O) groups is 1. The predicted molar refractivity (Wildman–Crippen MR) is 302 cm³/mol. The number of aldehydes is 1. The van der Waals surface area contributed by atoms with Gasteiger partial charge in [-0.2, -0.15) is 0 Å². The van der Waals surface area contributed by atoms with E-state index in [1.807, 2.05) is 129 Å². The van der Waals surface area contributed by atoms with Crippen molar-refractivity contribution in [1.82, 2.24) is 0 Å². The highest BCUT2D eigenvalue weighted by molar-refractivity contribution is 7.19. The number of fused-ring (bicyclic) bond motifs is 2. The SMILES string of the molecule is Cc1cc2ccccc2s1.Cc1ccc(C)cc1.Cc1ccc2c(c1)OCO2.Cc1cccc(N(C)C)c1.Cc1ccccc1Oc1ccccc1.O=Cc1ccc(B(O)O)cc1.[C-]#[N+]c1ccc(C)cc1. The number of rotatable bonds is 5. The van der Waals surface area contributed by atoms with Gasteiger partial charge in [0.15, 0.2) is 17.2 Å². The summed E-state index contributed by atoms with van der Waals surface area (Å²) in [6.07, 6.45) is 0.702. The second kappa shape index (κ2) is 30.6. The molecule has 0 bridgehead atoms. The van der Waals surface area contributed by atoms with Crippen LogP contribution in [0.1, 0.15) is 48.6 Å². The summed E-state index contributed by atoms with van der Waals surface area (Å²) < 4.78 is 17.4. The van der Waals surface area contributed by atoms with Gasteiger partial charge in [-0.25, -0.2) is 4.85 Å². The van der Waals surface area contributed by atoms with Gasteiger partial charge in [-0.1, -0.05) is 162 Å². The van der Waals surface area contributed by atoms with E-state index in [9.17, 15) is 4.79 Å². The number of nitrogens with zero attached hydrogens (tertiary/aromatic N) is 2. The minimum atomic E-state index is -1.46. The fourth-order valence-electron chi connectivity index (χ4n) is 6.31. The Hall–Kier alpha value is -7.94. The molecular formula is C62H65BN2O6S. The van der Waals surface area contributed by atoms with Crippen LogP contribution in [-0.4, -0.2) is 44.3 Å². The number of benzene rings is 8. The van der Waals surface area contributed by atoms with Crippen LogP contribution in [0, 0.1) is 55.0 Å². The molecule has 0 saturated heterocycles. The topological polar surface area (TPSA) is 92.8 Å². The van der Waals surface area contributed by atoms with Crippen LogP contribution in [0.25, 0.3) is 14.9 Å². The zero-order chi connectivity index (χ0) is 52.3. The monoisotopic (exact) mass is 976 g/mol. The van der Waals surface area contributed by atoms with Crippen molar-refractivity contribution in [2.45, 2.75) is 48.5 Å². The molecule has 1 aromatic heterocycles. The van der Waals surface area contributed by atoms with E-state index in [0.29, 0.717) is 29.8 Å².